The molecule has 0 saturated heterocycles. The van der Waals surface area contributed by atoms with E-state index in [4.69, 9.17) is 4.74 Å². The Bertz CT molecular complexity index is 505. The minimum atomic E-state index is 0.380. The average Bonchev–Trinajstić information content (AvgIpc) is 2.48. The van der Waals surface area contributed by atoms with Crippen LogP contribution in [-0.4, -0.2) is 32.1 Å². The minimum Gasteiger partial charge on any atom is -0.497 e. The molecular formula is C18H22NO. The van der Waals surface area contributed by atoms with Crippen LogP contribution in [0.5, 0.6) is 5.75 Å². The summed E-state index contributed by atoms with van der Waals surface area (Å²) < 4.78 is 5.19. The van der Waals surface area contributed by atoms with Crippen LogP contribution in [0.4, 0.5) is 0 Å². The second-order valence-electron chi connectivity index (χ2n) is 5.16. The summed E-state index contributed by atoms with van der Waals surface area (Å²) in [4.78, 5) is 2.25. The van der Waals surface area contributed by atoms with Gasteiger partial charge in [0.1, 0.15) is 5.75 Å². The molecule has 0 spiro atoms. The van der Waals surface area contributed by atoms with Crippen LogP contribution in [0.25, 0.3) is 0 Å². The molecule has 0 amide bonds. The van der Waals surface area contributed by atoms with Crippen LogP contribution >= 0.6 is 0 Å². The average molecular weight is 268 g/mol. The van der Waals surface area contributed by atoms with Gasteiger partial charge in [0.15, 0.2) is 0 Å². The Morgan fingerprint density at radius 3 is 2.20 bits per heavy atom. The Balaban J connectivity index is 2.05. The molecular weight excluding hydrogens is 246 g/mol. The number of hydrogen-bond donors (Lipinski definition) is 0. The van der Waals surface area contributed by atoms with E-state index < -0.39 is 0 Å². The summed E-state index contributed by atoms with van der Waals surface area (Å²) in [7, 11) is 5.93. The number of likely N-dealkylation sites (N-methyl/N-ethyl adjacent to an activating group) is 1. The van der Waals surface area contributed by atoms with Crippen LogP contribution in [0.2, 0.25) is 0 Å². The van der Waals surface area contributed by atoms with Crippen molar-refractivity contribution in [2.24, 2.45) is 0 Å². The summed E-state index contributed by atoms with van der Waals surface area (Å²) in [6.07, 6.45) is 3.31. The molecule has 2 heteroatoms. The van der Waals surface area contributed by atoms with Crippen LogP contribution in [0.3, 0.4) is 0 Å². The highest BCUT2D eigenvalue weighted by atomic mass is 16.5. The van der Waals surface area contributed by atoms with Gasteiger partial charge in [0.05, 0.1) is 7.11 Å². The molecule has 0 aliphatic rings. The summed E-state index contributed by atoms with van der Waals surface area (Å²) in [5, 5.41) is 0. The zero-order valence-electron chi connectivity index (χ0n) is 12.4. The molecule has 0 fully saturated rings. The lowest BCUT2D eigenvalue weighted by molar-refractivity contribution is 0.328. The monoisotopic (exact) mass is 268 g/mol. The van der Waals surface area contributed by atoms with Gasteiger partial charge in [-0.1, -0.05) is 42.5 Å². The molecule has 1 unspecified atom stereocenters. The van der Waals surface area contributed by atoms with Gasteiger partial charge in [-0.25, -0.2) is 0 Å². The first-order valence-electron chi connectivity index (χ1n) is 6.88. The molecule has 0 heterocycles. The Kier molecular flexibility index (Phi) is 5.19. The van der Waals surface area contributed by atoms with Crippen molar-refractivity contribution in [2.75, 3.05) is 21.2 Å². The lowest BCUT2D eigenvalue weighted by atomic mass is 9.98. The largest absolute Gasteiger partial charge is 0.497 e. The van der Waals surface area contributed by atoms with Crippen molar-refractivity contribution in [1.82, 2.24) is 4.90 Å². The quantitative estimate of drug-likeness (QED) is 0.796. The Labute approximate surface area is 122 Å². The molecule has 2 aromatic rings. The Morgan fingerprint density at radius 2 is 1.65 bits per heavy atom. The molecule has 1 radical (unpaired) electrons. The summed E-state index contributed by atoms with van der Waals surface area (Å²) in [5.41, 5.74) is 2.58. The molecule has 2 rings (SSSR count). The predicted octanol–water partition coefficient (Wildman–Crippen LogP) is 3.42. The maximum atomic E-state index is 5.19. The van der Waals surface area contributed by atoms with Crippen molar-refractivity contribution >= 4 is 0 Å². The van der Waals surface area contributed by atoms with Crippen LogP contribution in [0.1, 0.15) is 11.1 Å². The predicted molar refractivity (Wildman–Crippen MR) is 84.0 cm³/mol. The third kappa shape index (κ3) is 4.10. The van der Waals surface area contributed by atoms with Crippen molar-refractivity contribution in [3.8, 4) is 5.75 Å². The highest BCUT2D eigenvalue weighted by molar-refractivity contribution is 5.33. The van der Waals surface area contributed by atoms with E-state index in [1.165, 1.54) is 11.1 Å². The molecule has 0 aromatic heterocycles. The van der Waals surface area contributed by atoms with Gasteiger partial charge in [-0.2, -0.15) is 0 Å². The molecule has 105 valence electrons. The van der Waals surface area contributed by atoms with Gasteiger partial charge in [-0.15, -0.1) is 0 Å². The first-order chi connectivity index (χ1) is 9.69. The number of ether oxygens (including phenoxy) is 1. The van der Waals surface area contributed by atoms with Crippen LogP contribution < -0.4 is 4.74 Å². The van der Waals surface area contributed by atoms with Crippen LogP contribution in [-0.2, 0) is 6.42 Å². The molecule has 0 bridgehead atoms. The standard InChI is InChI=1S/C18H22NO/c1-19(2)17(13-15-7-5-4-6-8-15)14-16-9-11-18(20-3)12-10-16/h4-12,14,17H,13H2,1-3H3. The van der Waals surface area contributed by atoms with Crippen LogP contribution in [0.15, 0.2) is 54.6 Å². The van der Waals surface area contributed by atoms with Gasteiger partial charge in [0, 0.05) is 12.5 Å². The van der Waals surface area contributed by atoms with Crippen molar-refractivity contribution in [3.05, 3.63) is 72.1 Å². The van der Waals surface area contributed by atoms with E-state index >= 15 is 0 Å². The van der Waals surface area contributed by atoms with E-state index in [9.17, 15) is 0 Å². The molecule has 0 aliphatic heterocycles. The first kappa shape index (κ1) is 14.6. The van der Waals surface area contributed by atoms with Gasteiger partial charge in [0.25, 0.3) is 0 Å². The van der Waals surface area contributed by atoms with Crippen molar-refractivity contribution in [3.63, 3.8) is 0 Å². The number of rotatable bonds is 6. The third-order valence-corrected chi connectivity index (χ3v) is 3.45. The second-order valence-corrected chi connectivity index (χ2v) is 5.16. The van der Waals surface area contributed by atoms with E-state index in [-0.39, 0.29) is 0 Å². The summed E-state index contributed by atoms with van der Waals surface area (Å²) in [6, 6.07) is 19.2. The maximum Gasteiger partial charge on any atom is 0.118 e. The first-order valence-corrected chi connectivity index (χ1v) is 6.88. The van der Waals surface area contributed by atoms with Crippen LogP contribution in [0, 0.1) is 6.42 Å². The van der Waals surface area contributed by atoms with Crippen molar-refractivity contribution in [2.45, 2.75) is 12.5 Å². The topological polar surface area (TPSA) is 12.5 Å². The SMILES string of the molecule is COc1ccc([CH]C(Cc2ccccc2)N(C)C)cc1. The number of methoxy groups -OCH3 is 1. The summed E-state index contributed by atoms with van der Waals surface area (Å²) >= 11 is 0. The van der Waals surface area contributed by atoms with Gasteiger partial charge in [0.2, 0.25) is 0 Å². The van der Waals surface area contributed by atoms with Gasteiger partial charge >= 0.3 is 0 Å². The summed E-state index contributed by atoms with van der Waals surface area (Å²) in [6.45, 7) is 0. The maximum absolute atomic E-state index is 5.19. The Hall–Kier alpha value is -1.80. The molecule has 0 N–H and O–H groups in total. The lowest BCUT2D eigenvalue weighted by Crippen LogP contribution is -2.30. The minimum absolute atomic E-state index is 0.380. The summed E-state index contributed by atoms with van der Waals surface area (Å²) in [5.74, 6) is 0.895. The highest BCUT2D eigenvalue weighted by Crippen LogP contribution is 2.17. The fraction of sp³-hybridized carbons (Fsp3) is 0.278. The Morgan fingerprint density at radius 1 is 1.00 bits per heavy atom. The van der Waals surface area contributed by atoms with E-state index in [2.05, 4.69) is 67.9 Å². The normalized spacial score (nSPS) is 12.4. The molecule has 2 nitrogen and oxygen atoms in total. The smallest absolute Gasteiger partial charge is 0.118 e. The number of benzene rings is 2. The third-order valence-electron chi connectivity index (χ3n) is 3.45. The molecule has 2 aromatic carbocycles. The molecule has 20 heavy (non-hydrogen) atoms. The van der Waals surface area contributed by atoms with Crippen molar-refractivity contribution in [1.29, 1.82) is 0 Å². The lowest BCUT2D eigenvalue weighted by Gasteiger charge is -2.24. The van der Waals surface area contributed by atoms with Crippen molar-refractivity contribution < 1.29 is 4.74 Å². The second kappa shape index (κ2) is 7.11. The zero-order chi connectivity index (χ0) is 14.4. The van der Waals surface area contributed by atoms with E-state index in [0.717, 1.165) is 12.2 Å². The zero-order valence-corrected chi connectivity index (χ0v) is 12.4. The molecule has 0 aliphatic carbocycles. The van der Waals surface area contributed by atoms with E-state index in [1.807, 2.05) is 12.1 Å². The number of nitrogens with zero attached hydrogens (tertiary/aromatic N) is 1. The van der Waals surface area contributed by atoms with Gasteiger partial charge in [-0.05, 0) is 43.8 Å². The van der Waals surface area contributed by atoms with E-state index in [0.29, 0.717) is 6.04 Å². The highest BCUT2D eigenvalue weighted by Gasteiger charge is 2.13. The van der Waals surface area contributed by atoms with Gasteiger partial charge in [-0.3, -0.25) is 0 Å². The molecule has 0 saturated carbocycles. The molecule has 1 atom stereocenters. The number of hydrogen-bond acceptors (Lipinski definition) is 2. The van der Waals surface area contributed by atoms with E-state index in [1.54, 1.807) is 7.11 Å². The fourth-order valence-corrected chi connectivity index (χ4v) is 2.18. The fourth-order valence-electron chi connectivity index (χ4n) is 2.18. The van der Waals surface area contributed by atoms with Gasteiger partial charge < -0.3 is 9.64 Å².